The average Bonchev–Trinajstić information content (AvgIpc) is 2.82. The van der Waals surface area contributed by atoms with Crippen molar-refractivity contribution in [2.75, 3.05) is 32.6 Å². The minimum atomic E-state index is -0.117. The fourth-order valence-corrected chi connectivity index (χ4v) is 4.07. The van der Waals surface area contributed by atoms with Crippen molar-refractivity contribution in [1.82, 2.24) is 4.90 Å². The summed E-state index contributed by atoms with van der Waals surface area (Å²) in [6.45, 7) is 2.73. The number of carbonyl (C=O) groups excluding carboxylic acids is 3. The second-order valence-electron chi connectivity index (χ2n) is 8.05. The molecule has 1 N–H and O–H groups in total. The first-order valence-corrected chi connectivity index (χ1v) is 10.8. The molecule has 3 rings (SSSR count). The number of amides is 2. The lowest BCUT2D eigenvalue weighted by Gasteiger charge is -2.33. The number of ether oxygens (including phenoxy) is 2. The zero-order valence-electron chi connectivity index (χ0n) is 18.8. The molecule has 1 saturated heterocycles. The minimum absolute atomic E-state index is 0.0920. The molecule has 1 aliphatic heterocycles. The predicted octanol–water partition coefficient (Wildman–Crippen LogP) is 4.18. The molecule has 170 valence electrons. The molecule has 2 aromatic rings. The van der Waals surface area contributed by atoms with Crippen molar-refractivity contribution < 1.29 is 23.9 Å². The van der Waals surface area contributed by atoms with Crippen LogP contribution < -0.4 is 14.8 Å². The fourth-order valence-electron chi connectivity index (χ4n) is 4.07. The van der Waals surface area contributed by atoms with Crippen molar-refractivity contribution in [2.24, 2.45) is 5.92 Å². The van der Waals surface area contributed by atoms with Crippen molar-refractivity contribution in [1.29, 1.82) is 0 Å². The summed E-state index contributed by atoms with van der Waals surface area (Å²) < 4.78 is 10.5. The Kier molecular flexibility index (Phi) is 7.87. The normalized spacial score (nSPS) is 15.7. The van der Waals surface area contributed by atoms with E-state index in [0.29, 0.717) is 54.2 Å². The summed E-state index contributed by atoms with van der Waals surface area (Å²) in [7, 11) is 3.12. The molecule has 7 nitrogen and oxygen atoms in total. The van der Waals surface area contributed by atoms with Gasteiger partial charge >= 0.3 is 0 Å². The number of nitrogens with zero attached hydrogens (tertiary/aromatic N) is 1. The van der Waals surface area contributed by atoms with Crippen molar-refractivity contribution in [2.45, 2.75) is 32.6 Å². The van der Waals surface area contributed by atoms with Crippen LogP contribution in [0.15, 0.2) is 42.5 Å². The summed E-state index contributed by atoms with van der Waals surface area (Å²) >= 11 is 0. The van der Waals surface area contributed by atoms with E-state index in [1.807, 2.05) is 0 Å². The van der Waals surface area contributed by atoms with Gasteiger partial charge < -0.3 is 19.7 Å². The van der Waals surface area contributed by atoms with Crippen LogP contribution in [-0.2, 0) is 4.79 Å². The fraction of sp³-hybridized carbons (Fsp3) is 0.400. The number of Topliss-reactive ketones (excluding diaryl/α,β-unsaturated/α-hetero) is 1. The van der Waals surface area contributed by atoms with E-state index in [-0.39, 0.29) is 23.5 Å². The molecule has 1 aliphatic rings. The summed E-state index contributed by atoms with van der Waals surface area (Å²) in [5.74, 6) is 1.12. The first-order valence-electron chi connectivity index (χ1n) is 10.8. The van der Waals surface area contributed by atoms with Gasteiger partial charge in [-0.15, -0.1) is 0 Å². The summed E-state index contributed by atoms with van der Waals surface area (Å²) in [6, 6.07) is 12.2. The summed E-state index contributed by atoms with van der Waals surface area (Å²) in [5.41, 5.74) is 1.52. The molecule has 0 spiro atoms. The highest BCUT2D eigenvalue weighted by atomic mass is 16.5. The van der Waals surface area contributed by atoms with Gasteiger partial charge in [0.2, 0.25) is 5.91 Å². The molecule has 0 aliphatic carbocycles. The lowest BCUT2D eigenvalue weighted by Crippen LogP contribution is -2.40. The van der Waals surface area contributed by atoms with Crippen LogP contribution in [0.3, 0.4) is 0 Å². The Bertz CT molecular complexity index is 966. The van der Waals surface area contributed by atoms with Crippen molar-refractivity contribution >= 4 is 23.3 Å². The highest BCUT2D eigenvalue weighted by Crippen LogP contribution is 2.27. The number of anilines is 1. The second-order valence-corrected chi connectivity index (χ2v) is 8.05. The largest absolute Gasteiger partial charge is 0.497 e. The minimum Gasteiger partial charge on any atom is -0.497 e. The number of benzene rings is 2. The maximum Gasteiger partial charge on any atom is 0.254 e. The van der Waals surface area contributed by atoms with Crippen LogP contribution in [0.25, 0.3) is 0 Å². The Balaban J connectivity index is 1.57. The van der Waals surface area contributed by atoms with Crippen molar-refractivity contribution in [3.8, 4) is 11.5 Å². The number of ketones is 1. The van der Waals surface area contributed by atoms with Crippen molar-refractivity contribution in [3.05, 3.63) is 53.6 Å². The van der Waals surface area contributed by atoms with E-state index in [9.17, 15) is 14.4 Å². The predicted molar refractivity (Wildman–Crippen MR) is 122 cm³/mol. The number of hydrogen-bond acceptors (Lipinski definition) is 5. The van der Waals surface area contributed by atoms with Gasteiger partial charge in [0.15, 0.2) is 5.78 Å². The van der Waals surface area contributed by atoms with Gasteiger partial charge in [0.05, 0.1) is 19.8 Å². The number of piperidine rings is 1. The molecule has 0 radical (unpaired) electrons. The highest BCUT2D eigenvalue weighted by molar-refractivity contribution is 6.07. The number of nitrogens with one attached hydrogen (secondary N) is 1. The van der Waals surface area contributed by atoms with E-state index in [4.69, 9.17) is 9.47 Å². The SMILES string of the molecule is COc1cc(NC(=O)CC[C@H]2CCCN(C(=O)c3ccccc3C(C)=O)C2)cc(OC)c1. The standard InChI is InChI=1S/C25H30N2O5/c1-17(28)22-8-4-5-9-23(22)25(30)27-12-6-7-18(16-27)10-11-24(29)26-19-13-20(31-2)15-21(14-19)32-3/h4-5,8-9,13-15,18H,6-7,10-12,16H2,1-3H3,(H,26,29)/t18-/m1/s1. The van der Waals surface area contributed by atoms with Gasteiger partial charge in [-0.2, -0.15) is 0 Å². The van der Waals surface area contributed by atoms with Gasteiger partial charge in [0.1, 0.15) is 11.5 Å². The molecule has 0 aromatic heterocycles. The van der Waals surface area contributed by atoms with Gasteiger partial charge in [-0.1, -0.05) is 18.2 Å². The average molecular weight is 439 g/mol. The van der Waals surface area contributed by atoms with Gasteiger partial charge in [-0.3, -0.25) is 14.4 Å². The monoisotopic (exact) mass is 438 g/mol. The Morgan fingerprint density at radius 3 is 2.31 bits per heavy atom. The highest BCUT2D eigenvalue weighted by Gasteiger charge is 2.26. The molecule has 0 unspecified atom stereocenters. The van der Waals surface area contributed by atoms with E-state index in [0.717, 1.165) is 12.8 Å². The van der Waals surface area contributed by atoms with Crippen LogP contribution in [-0.4, -0.2) is 49.8 Å². The van der Waals surface area contributed by atoms with Crippen LogP contribution in [0.4, 0.5) is 5.69 Å². The quantitative estimate of drug-likeness (QED) is 0.625. The number of rotatable bonds is 8. The molecule has 2 aromatic carbocycles. The molecule has 7 heteroatoms. The van der Waals surface area contributed by atoms with Crippen molar-refractivity contribution in [3.63, 3.8) is 0 Å². The van der Waals surface area contributed by atoms with Crippen LogP contribution in [0.2, 0.25) is 0 Å². The number of carbonyl (C=O) groups is 3. The van der Waals surface area contributed by atoms with Crippen LogP contribution in [0.5, 0.6) is 11.5 Å². The Morgan fingerprint density at radius 2 is 1.69 bits per heavy atom. The number of likely N-dealkylation sites (tertiary alicyclic amines) is 1. The van der Waals surface area contributed by atoms with E-state index in [2.05, 4.69) is 5.32 Å². The van der Waals surface area contributed by atoms with Gasteiger partial charge in [0.25, 0.3) is 5.91 Å². The van der Waals surface area contributed by atoms with Crippen LogP contribution in [0, 0.1) is 5.92 Å². The lowest BCUT2D eigenvalue weighted by atomic mass is 9.92. The first-order chi connectivity index (χ1) is 15.4. The molecule has 1 atom stereocenters. The zero-order valence-corrected chi connectivity index (χ0v) is 18.8. The van der Waals surface area contributed by atoms with E-state index in [1.54, 1.807) is 61.6 Å². The maximum atomic E-state index is 13.0. The third-order valence-electron chi connectivity index (χ3n) is 5.76. The zero-order chi connectivity index (χ0) is 23.1. The molecular weight excluding hydrogens is 408 g/mol. The third-order valence-corrected chi connectivity index (χ3v) is 5.76. The second kappa shape index (κ2) is 10.8. The lowest BCUT2D eigenvalue weighted by molar-refractivity contribution is -0.116. The molecule has 1 heterocycles. The Hall–Kier alpha value is -3.35. The number of methoxy groups -OCH3 is 2. The van der Waals surface area contributed by atoms with E-state index >= 15 is 0 Å². The molecule has 1 fully saturated rings. The number of hydrogen-bond donors (Lipinski definition) is 1. The summed E-state index contributed by atoms with van der Waals surface area (Å²) in [6.07, 6.45) is 2.90. The molecule has 0 bridgehead atoms. The van der Waals surface area contributed by atoms with Crippen LogP contribution in [0.1, 0.15) is 53.3 Å². The van der Waals surface area contributed by atoms with E-state index in [1.165, 1.54) is 6.92 Å². The first kappa shape index (κ1) is 23.3. The summed E-state index contributed by atoms with van der Waals surface area (Å²) in [5, 5.41) is 2.89. The topological polar surface area (TPSA) is 84.9 Å². The van der Waals surface area contributed by atoms with Gasteiger partial charge in [-0.05, 0) is 38.2 Å². The Labute approximate surface area is 188 Å². The smallest absolute Gasteiger partial charge is 0.254 e. The molecule has 32 heavy (non-hydrogen) atoms. The Morgan fingerprint density at radius 1 is 1.03 bits per heavy atom. The molecule has 2 amide bonds. The third kappa shape index (κ3) is 5.87. The molecule has 0 saturated carbocycles. The van der Waals surface area contributed by atoms with Crippen LogP contribution >= 0.6 is 0 Å². The van der Waals surface area contributed by atoms with Gasteiger partial charge in [0, 0.05) is 49.0 Å². The maximum absolute atomic E-state index is 13.0. The molecular formula is C25H30N2O5. The van der Waals surface area contributed by atoms with E-state index < -0.39 is 0 Å². The summed E-state index contributed by atoms with van der Waals surface area (Å²) in [4.78, 5) is 39.2. The van der Waals surface area contributed by atoms with Gasteiger partial charge in [-0.25, -0.2) is 0 Å².